The third kappa shape index (κ3) is 4.81. The largest absolute Gasteiger partial charge is 0.348 e. The van der Waals surface area contributed by atoms with Crippen LogP contribution in [0.5, 0.6) is 0 Å². The molecule has 1 heterocycles. The fraction of sp³-hybridized carbons (Fsp3) is 0.476. The first-order valence-corrected chi connectivity index (χ1v) is 9.36. The topological polar surface area (TPSA) is 66.9 Å². The molecule has 0 aliphatic heterocycles. The molecule has 2 rings (SSSR count). The Bertz CT molecular complexity index is 712. The Balaban J connectivity index is 2.25. The lowest BCUT2D eigenvalue weighted by Gasteiger charge is -2.20. The molecule has 5 nitrogen and oxygen atoms in total. The van der Waals surface area contributed by atoms with Crippen LogP contribution in [-0.4, -0.2) is 21.9 Å². The summed E-state index contributed by atoms with van der Waals surface area (Å²) in [6.45, 7) is 12.7. The standard InChI is InChI=1S/C21H30N4O/c1-7-15(6)24-21(26)18-11-23-19(12-22-18)25-20-16(13(2)3)9-8-10-17(20)14(4)5/h8-15H,7H2,1-6H3,(H,23,25)(H,24,26). The summed E-state index contributed by atoms with van der Waals surface area (Å²) >= 11 is 0. The first-order chi connectivity index (χ1) is 12.3. The number of hydrogen-bond donors (Lipinski definition) is 2. The minimum Gasteiger partial charge on any atom is -0.348 e. The minimum absolute atomic E-state index is 0.119. The Kier molecular flexibility index (Phi) is 6.72. The number of hydrogen-bond acceptors (Lipinski definition) is 4. The van der Waals surface area contributed by atoms with E-state index in [1.807, 2.05) is 13.8 Å². The van der Waals surface area contributed by atoms with Gasteiger partial charge in [0.1, 0.15) is 11.5 Å². The fourth-order valence-electron chi connectivity index (χ4n) is 2.73. The highest BCUT2D eigenvalue weighted by Crippen LogP contribution is 2.33. The molecule has 0 radical (unpaired) electrons. The zero-order valence-electron chi connectivity index (χ0n) is 16.6. The van der Waals surface area contributed by atoms with Gasteiger partial charge in [0.25, 0.3) is 5.91 Å². The van der Waals surface area contributed by atoms with Crippen molar-refractivity contribution in [1.82, 2.24) is 15.3 Å². The molecule has 0 bridgehead atoms. The van der Waals surface area contributed by atoms with E-state index >= 15 is 0 Å². The number of rotatable bonds is 7. The number of anilines is 2. The number of benzene rings is 1. The molecule has 0 aliphatic carbocycles. The van der Waals surface area contributed by atoms with Gasteiger partial charge in [0.15, 0.2) is 0 Å². The van der Waals surface area contributed by atoms with Crippen molar-refractivity contribution in [3.63, 3.8) is 0 Å². The highest BCUT2D eigenvalue weighted by molar-refractivity contribution is 5.92. The van der Waals surface area contributed by atoms with Gasteiger partial charge in [0, 0.05) is 11.7 Å². The van der Waals surface area contributed by atoms with E-state index in [2.05, 4.69) is 66.5 Å². The van der Waals surface area contributed by atoms with Crippen LogP contribution in [0.3, 0.4) is 0 Å². The van der Waals surface area contributed by atoms with Crippen LogP contribution >= 0.6 is 0 Å². The van der Waals surface area contributed by atoms with Crippen molar-refractivity contribution in [3.8, 4) is 0 Å². The van der Waals surface area contributed by atoms with E-state index in [4.69, 9.17) is 0 Å². The Morgan fingerprint density at radius 2 is 1.62 bits per heavy atom. The van der Waals surface area contributed by atoms with Crippen molar-refractivity contribution in [2.24, 2.45) is 0 Å². The molecule has 0 saturated carbocycles. The number of nitrogens with zero attached hydrogens (tertiary/aromatic N) is 2. The highest BCUT2D eigenvalue weighted by atomic mass is 16.1. The lowest BCUT2D eigenvalue weighted by Crippen LogP contribution is -2.32. The first kappa shape index (κ1) is 19.9. The quantitative estimate of drug-likeness (QED) is 0.734. The normalized spacial score (nSPS) is 12.3. The molecule has 5 heteroatoms. The fourth-order valence-corrected chi connectivity index (χ4v) is 2.73. The smallest absolute Gasteiger partial charge is 0.271 e. The van der Waals surface area contributed by atoms with Crippen LogP contribution in [0.2, 0.25) is 0 Å². The van der Waals surface area contributed by atoms with Gasteiger partial charge in [-0.15, -0.1) is 0 Å². The van der Waals surface area contributed by atoms with Crippen molar-refractivity contribution in [2.75, 3.05) is 5.32 Å². The van der Waals surface area contributed by atoms with Gasteiger partial charge >= 0.3 is 0 Å². The number of carbonyl (C=O) groups excluding carboxylic acids is 1. The maximum absolute atomic E-state index is 12.1. The second kappa shape index (κ2) is 8.79. The van der Waals surface area contributed by atoms with Gasteiger partial charge in [-0.2, -0.15) is 0 Å². The SMILES string of the molecule is CCC(C)NC(=O)c1cnc(Nc2c(C(C)C)cccc2C(C)C)cn1. The molecule has 1 amide bonds. The number of amides is 1. The van der Waals surface area contributed by atoms with Crippen LogP contribution < -0.4 is 10.6 Å². The zero-order chi connectivity index (χ0) is 19.3. The third-order valence-corrected chi connectivity index (χ3v) is 4.50. The predicted octanol–water partition coefficient (Wildman–Crippen LogP) is 5.00. The zero-order valence-corrected chi connectivity index (χ0v) is 16.6. The van der Waals surface area contributed by atoms with Crippen LogP contribution in [-0.2, 0) is 0 Å². The molecule has 0 saturated heterocycles. The molecule has 26 heavy (non-hydrogen) atoms. The van der Waals surface area contributed by atoms with E-state index in [0.717, 1.165) is 12.1 Å². The molecule has 140 valence electrons. The van der Waals surface area contributed by atoms with Gasteiger partial charge in [0.05, 0.1) is 12.4 Å². The predicted molar refractivity (Wildman–Crippen MR) is 107 cm³/mol. The average molecular weight is 354 g/mol. The Morgan fingerprint density at radius 3 is 2.08 bits per heavy atom. The van der Waals surface area contributed by atoms with Crippen molar-refractivity contribution < 1.29 is 4.79 Å². The van der Waals surface area contributed by atoms with Crippen LogP contribution in [0.25, 0.3) is 0 Å². The Morgan fingerprint density at radius 1 is 1.00 bits per heavy atom. The maximum atomic E-state index is 12.1. The number of nitrogens with one attached hydrogen (secondary N) is 2. The summed E-state index contributed by atoms with van der Waals surface area (Å²) in [5.74, 6) is 1.23. The summed E-state index contributed by atoms with van der Waals surface area (Å²) in [4.78, 5) is 20.8. The van der Waals surface area contributed by atoms with E-state index < -0.39 is 0 Å². The number of carbonyl (C=O) groups is 1. The summed E-state index contributed by atoms with van der Waals surface area (Å²) in [5, 5.41) is 6.32. The third-order valence-electron chi connectivity index (χ3n) is 4.50. The molecule has 1 atom stereocenters. The van der Waals surface area contributed by atoms with E-state index in [1.54, 1.807) is 6.20 Å². The van der Waals surface area contributed by atoms with Gasteiger partial charge in [-0.1, -0.05) is 52.8 Å². The van der Waals surface area contributed by atoms with Crippen LogP contribution in [0.15, 0.2) is 30.6 Å². The van der Waals surface area contributed by atoms with Crippen LogP contribution in [0, 0.1) is 0 Å². The Labute approximate surface area is 156 Å². The highest BCUT2D eigenvalue weighted by Gasteiger charge is 2.15. The lowest BCUT2D eigenvalue weighted by atomic mass is 9.92. The van der Waals surface area contributed by atoms with Gasteiger partial charge in [0.2, 0.25) is 0 Å². The molecular formula is C21H30N4O. The molecule has 0 fully saturated rings. The second-order valence-corrected chi connectivity index (χ2v) is 7.32. The number of aromatic nitrogens is 2. The number of para-hydroxylation sites is 1. The van der Waals surface area contributed by atoms with E-state index in [9.17, 15) is 4.79 Å². The second-order valence-electron chi connectivity index (χ2n) is 7.32. The average Bonchev–Trinajstić information content (AvgIpc) is 2.61. The van der Waals surface area contributed by atoms with Gasteiger partial charge in [-0.05, 0) is 36.3 Å². The summed E-state index contributed by atoms with van der Waals surface area (Å²) in [7, 11) is 0. The van der Waals surface area contributed by atoms with E-state index in [0.29, 0.717) is 23.3 Å². The van der Waals surface area contributed by atoms with Crippen molar-refractivity contribution in [3.05, 3.63) is 47.4 Å². The Hall–Kier alpha value is -2.43. The molecule has 2 N–H and O–H groups in total. The molecule has 1 aromatic heterocycles. The summed E-state index contributed by atoms with van der Waals surface area (Å²) in [6, 6.07) is 6.50. The maximum Gasteiger partial charge on any atom is 0.271 e. The lowest BCUT2D eigenvalue weighted by molar-refractivity contribution is 0.0934. The molecule has 1 unspecified atom stereocenters. The first-order valence-electron chi connectivity index (χ1n) is 9.36. The molecule has 1 aromatic carbocycles. The molecular weight excluding hydrogens is 324 g/mol. The van der Waals surface area contributed by atoms with E-state index in [1.165, 1.54) is 17.3 Å². The summed E-state index contributed by atoms with van der Waals surface area (Å²) < 4.78 is 0. The van der Waals surface area contributed by atoms with Crippen molar-refractivity contribution in [2.45, 2.75) is 65.8 Å². The van der Waals surface area contributed by atoms with E-state index in [-0.39, 0.29) is 11.9 Å². The molecule has 0 spiro atoms. The summed E-state index contributed by atoms with van der Waals surface area (Å²) in [6.07, 6.45) is 4.02. The van der Waals surface area contributed by atoms with Crippen LogP contribution in [0.1, 0.15) is 81.4 Å². The summed E-state index contributed by atoms with van der Waals surface area (Å²) in [5.41, 5.74) is 3.91. The minimum atomic E-state index is -0.191. The molecule has 2 aromatic rings. The van der Waals surface area contributed by atoms with Crippen LogP contribution in [0.4, 0.5) is 11.5 Å². The van der Waals surface area contributed by atoms with Gasteiger partial charge in [-0.3, -0.25) is 4.79 Å². The monoisotopic (exact) mass is 354 g/mol. The molecule has 0 aliphatic rings. The van der Waals surface area contributed by atoms with Crippen molar-refractivity contribution >= 4 is 17.4 Å². The van der Waals surface area contributed by atoms with Crippen molar-refractivity contribution in [1.29, 1.82) is 0 Å². The van der Waals surface area contributed by atoms with Gasteiger partial charge < -0.3 is 10.6 Å². The van der Waals surface area contributed by atoms with Gasteiger partial charge in [-0.25, -0.2) is 9.97 Å².